The van der Waals surface area contributed by atoms with Crippen molar-refractivity contribution < 1.29 is 4.39 Å². The summed E-state index contributed by atoms with van der Waals surface area (Å²) in [5.41, 5.74) is 2.52. The molecule has 2 aromatic heterocycles. The largest absolute Gasteiger partial charge is 0.364 e. The predicted molar refractivity (Wildman–Crippen MR) is 92.5 cm³/mol. The van der Waals surface area contributed by atoms with Gasteiger partial charge in [0.2, 0.25) is 0 Å². The molecule has 124 valence electrons. The van der Waals surface area contributed by atoms with Gasteiger partial charge in [0, 0.05) is 23.7 Å². The molecule has 6 heteroatoms. The van der Waals surface area contributed by atoms with Gasteiger partial charge in [-0.3, -0.25) is 5.10 Å². The number of aromatic amines is 1. The van der Waals surface area contributed by atoms with E-state index in [0.717, 1.165) is 42.7 Å². The number of fused-ring (bicyclic) bond motifs is 1. The van der Waals surface area contributed by atoms with Crippen LogP contribution in [0, 0.1) is 5.82 Å². The van der Waals surface area contributed by atoms with E-state index >= 15 is 0 Å². The molecule has 0 saturated carbocycles. The van der Waals surface area contributed by atoms with Gasteiger partial charge in [-0.25, -0.2) is 9.37 Å². The molecule has 0 aliphatic carbocycles. The monoisotopic (exact) mass is 325 g/mol. The quantitative estimate of drug-likeness (QED) is 0.689. The number of rotatable bonds is 4. The van der Waals surface area contributed by atoms with Crippen molar-refractivity contribution >= 4 is 16.9 Å². The Kier molecular flexibility index (Phi) is 4.13. The molecule has 0 atom stereocenters. The molecule has 1 saturated heterocycles. The summed E-state index contributed by atoms with van der Waals surface area (Å²) in [4.78, 5) is 4.73. The maximum atomic E-state index is 13.7. The number of aromatic nitrogens is 3. The SMILES string of the molecule is Fc1ccccc1CNc1n[nH]c2nc(C3CCNCC3)ccc12. The summed E-state index contributed by atoms with van der Waals surface area (Å²) in [5, 5.41) is 14.8. The van der Waals surface area contributed by atoms with Crippen molar-refractivity contribution in [2.75, 3.05) is 18.4 Å². The first-order valence-corrected chi connectivity index (χ1v) is 8.34. The van der Waals surface area contributed by atoms with Crippen LogP contribution in [0.4, 0.5) is 10.2 Å². The summed E-state index contributed by atoms with van der Waals surface area (Å²) in [7, 11) is 0. The number of benzene rings is 1. The molecule has 0 amide bonds. The lowest BCUT2D eigenvalue weighted by Crippen LogP contribution is -2.27. The van der Waals surface area contributed by atoms with Crippen molar-refractivity contribution in [3.05, 3.63) is 53.5 Å². The average molecular weight is 325 g/mol. The molecule has 1 aliphatic heterocycles. The highest BCUT2D eigenvalue weighted by Crippen LogP contribution is 2.27. The second-order valence-corrected chi connectivity index (χ2v) is 6.17. The maximum Gasteiger partial charge on any atom is 0.157 e. The van der Waals surface area contributed by atoms with Gasteiger partial charge in [-0.15, -0.1) is 0 Å². The summed E-state index contributed by atoms with van der Waals surface area (Å²) in [6.07, 6.45) is 2.23. The molecule has 3 aromatic rings. The van der Waals surface area contributed by atoms with Crippen LogP contribution in [-0.4, -0.2) is 28.3 Å². The predicted octanol–water partition coefficient (Wildman–Crippen LogP) is 3.18. The van der Waals surface area contributed by atoms with Crippen molar-refractivity contribution in [2.45, 2.75) is 25.3 Å². The Hall–Kier alpha value is -2.47. The first kappa shape index (κ1) is 15.1. The average Bonchev–Trinajstić information content (AvgIpc) is 3.04. The van der Waals surface area contributed by atoms with E-state index in [1.165, 1.54) is 6.07 Å². The number of nitrogens with one attached hydrogen (secondary N) is 3. The van der Waals surface area contributed by atoms with E-state index in [1.54, 1.807) is 12.1 Å². The minimum absolute atomic E-state index is 0.212. The molecular weight excluding hydrogens is 305 g/mol. The summed E-state index contributed by atoms with van der Waals surface area (Å²) < 4.78 is 13.7. The van der Waals surface area contributed by atoms with Gasteiger partial charge in [0.05, 0.1) is 5.39 Å². The Morgan fingerprint density at radius 2 is 1.96 bits per heavy atom. The van der Waals surface area contributed by atoms with Crippen LogP contribution in [0.15, 0.2) is 36.4 Å². The zero-order valence-corrected chi connectivity index (χ0v) is 13.3. The lowest BCUT2D eigenvalue weighted by molar-refractivity contribution is 0.454. The van der Waals surface area contributed by atoms with Crippen molar-refractivity contribution in [1.82, 2.24) is 20.5 Å². The summed E-state index contributed by atoms with van der Waals surface area (Å²) in [5.74, 6) is 1.00. The molecule has 0 spiro atoms. The Morgan fingerprint density at radius 1 is 1.12 bits per heavy atom. The van der Waals surface area contributed by atoms with Crippen LogP contribution < -0.4 is 10.6 Å². The van der Waals surface area contributed by atoms with E-state index in [9.17, 15) is 4.39 Å². The number of hydrogen-bond donors (Lipinski definition) is 3. The molecule has 24 heavy (non-hydrogen) atoms. The van der Waals surface area contributed by atoms with Crippen molar-refractivity contribution in [3.8, 4) is 0 Å². The molecular formula is C18H20FN5. The summed E-state index contributed by atoms with van der Waals surface area (Å²) in [6.45, 7) is 2.48. The second-order valence-electron chi connectivity index (χ2n) is 6.17. The Morgan fingerprint density at radius 3 is 2.79 bits per heavy atom. The fraction of sp³-hybridized carbons (Fsp3) is 0.333. The van der Waals surface area contributed by atoms with E-state index in [0.29, 0.717) is 23.8 Å². The molecule has 0 radical (unpaired) electrons. The van der Waals surface area contributed by atoms with Gasteiger partial charge in [-0.2, -0.15) is 5.10 Å². The highest BCUT2D eigenvalue weighted by atomic mass is 19.1. The molecule has 0 bridgehead atoms. The normalized spacial score (nSPS) is 15.7. The van der Waals surface area contributed by atoms with Crippen LogP contribution in [-0.2, 0) is 6.54 Å². The maximum absolute atomic E-state index is 13.7. The third-order valence-electron chi connectivity index (χ3n) is 4.61. The standard InChI is InChI=1S/C18H20FN5/c19-15-4-2-1-3-13(15)11-21-17-14-5-6-16(22-18(14)24-23-17)12-7-9-20-10-8-12/h1-6,12,20H,7-11H2,(H2,21,22,23,24). The van der Waals surface area contributed by atoms with Crippen molar-refractivity contribution in [1.29, 1.82) is 0 Å². The molecule has 1 aliphatic rings. The number of H-pyrrole nitrogens is 1. The highest BCUT2D eigenvalue weighted by molar-refractivity contribution is 5.87. The zero-order valence-electron chi connectivity index (χ0n) is 13.3. The van der Waals surface area contributed by atoms with E-state index in [1.807, 2.05) is 12.1 Å². The van der Waals surface area contributed by atoms with Gasteiger partial charge in [-0.1, -0.05) is 18.2 Å². The summed E-state index contributed by atoms with van der Waals surface area (Å²) >= 11 is 0. The number of hydrogen-bond acceptors (Lipinski definition) is 4. The fourth-order valence-electron chi connectivity index (χ4n) is 3.22. The van der Waals surface area contributed by atoms with Crippen LogP contribution in [0.5, 0.6) is 0 Å². The molecule has 1 aromatic carbocycles. The number of pyridine rings is 1. The lowest BCUT2D eigenvalue weighted by Gasteiger charge is -2.21. The highest BCUT2D eigenvalue weighted by Gasteiger charge is 2.17. The molecule has 0 unspecified atom stereocenters. The van der Waals surface area contributed by atoms with E-state index in [2.05, 4.69) is 26.9 Å². The van der Waals surface area contributed by atoms with Gasteiger partial charge < -0.3 is 10.6 Å². The third kappa shape index (κ3) is 2.97. The molecule has 3 heterocycles. The first-order valence-electron chi connectivity index (χ1n) is 8.34. The second kappa shape index (κ2) is 6.57. The van der Waals surface area contributed by atoms with Gasteiger partial charge in [-0.05, 0) is 44.1 Å². The number of anilines is 1. The smallest absolute Gasteiger partial charge is 0.157 e. The van der Waals surface area contributed by atoms with E-state index in [4.69, 9.17) is 4.98 Å². The van der Waals surface area contributed by atoms with Gasteiger partial charge in [0.15, 0.2) is 11.5 Å². The molecule has 4 rings (SSSR count). The van der Waals surface area contributed by atoms with E-state index in [-0.39, 0.29) is 5.82 Å². The topological polar surface area (TPSA) is 65.6 Å². The van der Waals surface area contributed by atoms with Gasteiger partial charge >= 0.3 is 0 Å². The molecule has 5 nitrogen and oxygen atoms in total. The number of halogens is 1. The minimum atomic E-state index is -0.212. The Labute approximate surface area is 139 Å². The van der Waals surface area contributed by atoms with Crippen LogP contribution in [0.2, 0.25) is 0 Å². The minimum Gasteiger partial charge on any atom is -0.364 e. The fourth-order valence-corrected chi connectivity index (χ4v) is 3.22. The molecule has 1 fully saturated rings. The van der Waals surface area contributed by atoms with E-state index < -0.39 is 0 Å². The van der Waals surface area contributed by atoms with Crippen molar-refractivity contribution in [3.63, 3.8) is 0 Å². The lowest BCUT2D eigenvalue weighted by atomic mass is 9.94. The van der Waals surface area contributed by atoms with Gasteiger partial charge in [0.1, 0.15) is 5.82 Å². The van der Waals surface area contributed by atoms with Crippen LogP contribution in [0.25, 0.3) is 11.0 Å². The Balaban J connectivity index is 1.53. The third-order valence-corrected chi connectivity index (χ3v) is 4.61. The Bertz CT molecular complexity index is 838. The van der Waals surface area contributed by atoms with Gasteiger partial charge in [0.25, 0.3) is 0 Å². The van der Waals surface area contributed by atoms with Crippen LogP contribution in [0.1, 0.15) is 30.0 Å². The molecule has 3 N–H and O–H groups in total. The first-order chi connectivity index (χ1) is 11.8. The number of nitrogens with zero attached hydrogens (tertiary/aromatic N) is 2. The summed E-state index contributed by atoms with van der Waals surface area (Å²) in [6, 6.07) is 10.9. The van der Waals surface area contributed by atoms with Crippen molar-refractivity contribution in [2.24, 2.45) is 0 Å². The van der Waals surface area contributed by atoms with Crippen LogP contribution in [0.3, 0.4) is 0 Å². The zero-order chi connectivity index (χ0) is 16.4. The number of piperidine rings is 1. The van der Waals surface area contributed by atoms with Crippen LogP contribution >= 0.6 is 0 Å².